The summed E-state index contributed by atoms with van der Waals surface area (Å²) >= 11 is 0. The van der Waals surface area contributed by atoms with Crippen molar-refractivity contribution >= 4 is 15.7 Å². The van der Waals surface area contributed by atoms with Gasteiger partial charge >= 0.3 is 0 Å². The molecule has 0 spiro atoms. The molecule has 0 saturated carbocycles. The van der Waals surface area contributed by atoms with Crippen LogP contribution in [0.2, 0.25) is 0 Å². The minimum atomic E-state index is -3.93. The molecule has 174 valence electrons. The molecule has 4 rings (SSSR count). The van der Waals surface area contributed by atoms with Crippen molar-refractivity contribution in [2.45, 2.75) is 10.3 Å². The van der Waals surface area contributed by atoms with E-state index >= 15 is 0 Å². The third kappa shape index (κ3) is 4.61. The molecule has 4 aromatic rings. The third-order valence-corrected chi connectivity index (χ3v) is 6.88. The lowest BCUT2D eigenvalue weighted by molar-refractivity contribution is 0.210. The summed E-state index contributed by atoms with van der Waals surface area (Å²) in [5, 5.41) is 9.04. The van der Waals surface area contributed by atoms with Crippen LogP contribution >= 0.6 is 0 Å². The monoisotopic (exact) mass is 472 g/mol. The molecule has 6 heteroatoms. The molecule has 3 N–H and O–H groups in total. The molecule has 5 nitrogen and oxygen atoms in total. The van der Waals surface area contributed by atoms with Crippen LogP contribution in [0.25, 0.3) is 0 Å². The number of anilines is 1. The molecule has 0 aromatic heterocycles. The number of primary sulfonamides is 1. The first kappa shape index (κ1) is 23.7. The Balaban J connectivity index is 2.14. The lowest BCUT2D eigenvalue weighted by Crippen LogP contribution is -2.32. The Bertz CT molecular complexity index is 1230. The van der Waals surface area contributed by atoms with Crippen molar-refractivity contribution in [1.82, 2.24) is 0 Å². The van der Waals surface area contributed by atoms with Gasteiger partial charge in [0.1, 0.15) is 0 Å². The molecular weight excluding hydrogens is 444 g/mol. The van der Waals surface area contributed by atoms with Crippen LogP contribution in [0, 0.1) is 0 Å². The summed E-state index contributed by atoms with van der Waals surface area (Å²) in [7, 11) is -2.28. The Hall–Kier alpha value is -3.45. The van der Waals surface area contributed by atoms with E-state index in [-0.39, 0.29) is 4.90 Å². The fourth-order valence-corrected chi connectivity index (χ4v) is 5.02. The van der Waals surface area contributed by atoms with E-state index in [2.05, 4.69) is 41.7 Å². The number of methoxy groups -OCH3 is 1. The van der Waals surface area contributed by atoms with Gasteiger partial charge < -0.3 is 10.1 Å². The van der Waals surface area contributed by atoms with Gasteiger partial charge in [0.2, 0.25) is 10.0 Å². The number of benzene rings is 4. The maximum Gasteiger partial charge on any atom is 0.238 e. The molecule has 34 heavy (non-hydrogen) atoms. The third-order valence-electron chi connectivity index (χ3n) is 5.97. The van der Waals surface area contributed by atoms with Crippen molar-refractivity contribution in [1.29, 1.82) is 0 Å². The van der Waals surface area contributed by atoms with Crippen molar-refractivity contribution in [3.05, 3.63) is 131 Å². The van der Waals surface area contributed by atoms with E-state index in [0.29, 0.717) is 13.2 Å². The minimum absolute atomic E-state index is 0.0620. The van der Waals surface area contributed by atoms with Gasteiger partial charge in [0.05, 0.1) is 16.9 Å². The summed E-state index contributed by atoms with van der Waals surface area (Å²) in [5.74, 6) is 0. The van der Waals surface area contributed by atoms with Crippen LogP contribution in [0.5, 0.6) is 0 Å². The standard InChI is InChI=1S/C28H28N2O3S/c1-33-20-19-30-27-18-17-25(34(29,31)32)21-26(27)28(22-11-5-2-6-12-22,23-13-7-3-8-14-23)24-15-9-4-10-16-24/h2-18,21,30H,19-20H2,1H3,(H2,29,31,32). The Morgan fingerprint density at radius 2 is 1.24 bits per heavy atom. The molecule has 0 aliphatic carbocycles. The van der Waals surface area contributed by atoms with E-state index in [1.54, 1.807) is 25.3 Å². The number of hydrogen-bond acceptors (Lipinski definition) is 4. The van der Waals surface area contributed by atoms with Crippen LogP contribution in [-0.4, -0.2) is 28.7 Å². The quantitative estimate of drug-likeness (QED) is 0.271. The number of ether oxygens (including phenoxy) is 1. The largest absolute Gasteiger partial charge is 0.383 e. The van der Waals surface area contributed by atoms with Gasteiger partial charge in [-0.3, -0.25) is 0 Å². The van der Waals surface area contributed by atoms with Gasteiger partial charge in [-0.15, -0.1) is 0 Å². The Kier molecular flexibility index (Phi) is 7.12. The smallest absolute Gasteiger partial charge is 0.238 e. The number of nitrogens with two attached hydrogens (primary N) is 1. The molecule has 0 atom stereocenters. The van der Waals surface area contributed by atoms with E-state index in [0.717, 1.165) is 27.9 Å². The minimum Gasteiger partial charge on any atom is -0.383 e. The highest BCUT2D eigenvalue weighted by Crippen LogP contribution is 2.48. The lowest BCUT2D eigenvalue weighted by atomic mass is 9.64. The zero-order valence-electron chi connectivity index (χ0n) is 19.0. The fourth-order valence-electron chi connectivity index (χ4n) is 4.48. The molecule has 0 radical (unpaired) electrons. The first-order chi connectivity index (χ1) is 16.5. The summed E-state index contributed by atoms with van der Waals surface area (Å²) in [6.07, 6.45) is 0. The maximum atomic E-state index is 12.4. The summed E-state index contributed by atoms with van der Waals surface area (Å²) < 4.78 is 30.1. The van der Waals surface area contributed by atoms with Crippen LogP contribution in [0.15, 0.2) is 114 Å². The summed E-state index contributed by atoms with van der Waals surface area (Å²) in [4.78, 5) is 0.0620. The fraction of sp³-hybridized carbons (Fsp3) is 0.143. The lowest BCUT2D eigenvalue weighted by Gasteiger charge is -2.38. The van der Waals surface area contributed by atoms with Crippen LogP contribution in [0.3, 0.4) is 0 Å². The summed E-state index contributed by atoms with van der Waals surface area (Å²) in [6, 6.07) is 35.4. The molecule has 0 heterocycles. The first-order valence-electron chi connectivity index (χ1n) is 11.0. The zero-order valence-corrected chi connectivity index (χ0v) is 19.8. The van der Waals surface area contributed by atoms with E-state index in [9.17, 15) is 8.42 Å². The normalized spacial score (nSPS) is 11.8. The SMILES string of the molecule is COCCNc1ccc(S(N)(=O)=O)cc1C(c1ccccc1)(c1ccccc1)c1ccccc1. The zero-order chi connectivity index (χ0) is 24.0. The second-order valence-corrected chi connectivity index (χ2v) is 9.58. The Morgan fingerprint density at radius 1 is 0.765 bits per heavy atom. The number of sulfonamides is 1. The molecule has 0 bridgehead atoms. The van der Waals surface area contributed by atoms with Gasteiger partial charge in [-0.05, 0) is 40.5 Å². The summed E-state index contributed by atoms with van der Waals surface area (Å²) in [5.41, 5.74) is 3.82. The van der Waals surface area contributed by atoms with Crippen LogP contribution < -0.4 is 10.5 Å². The highest BCUT2D eigenvalue weighted by atomic mass is 32.2. The van der Waals surface area contributed by atoms with Crippen LogP contribution in [0.1, 0.15) is 22.3 Å². The predicted molar refractivity (Wildman–Crippen MR) is 136 cm³/mol. The average molecular weight is 473 g/mol. The molecule has 0 fully saturated rings. The van der Waals surface area contributed by atoms with Crippen molar-refractivity contribution in [2.24, 2.45) is 5.14 Å². The number of rotatable bonds is 9. The van der Waals surface area contributed by atoms with Crippen molar-refractivity contribution < 1.29 is 13.2 Å². The van der Waals surface area contributed by atoms with Crippen molar-refractivity contribution in [3.8, 4) is 0 Å². The molecule has 0 unspecified atom stereocenters. The average Bonchev–Trinajstić information content (AvgIpc) is 2.87. The van der Waals surface area contributed by atoms with Crippen LogP contribution in [0.4, 0.5) is 5.69 Å². The Labute approximate surface area is 201 Å². The predicted octanol–water partition coefficient (Wildman–Crippen LogP) is 4.78. The van der Waals surface area contributed by atoms with E-state index in [4.69, 9.17) is 9.88 Å². The molecule has 0 amide bonds. The van der Waals surface area contributed by atoms with Gasteiger partial charge in [0.25, 0.3) is 0 Å². The van der Waals surface area contributed by atoms with E-state index < -0.39 is 15.4 Å². The molecular formula is C28H28N2O3S. The second-order valence-electron chi connectivity index (χ2n) is 8.02. The van der Waals surface area contributed by atoms with Crippen LogP contribution in [-0.2, 0) is 20.2 Å². The highest BCUT2D eigenvalue weighted by Gasteiger charge is 2.40. The molecule has 0 aliphatic rings. The van der Waals surface area contributed by atoms with E-state index in [1.165, 1.54) is 0 Å². The first-order valence-corrected chi connectivity index (χ1v) is 12.6. The van der Waals surface area contributed by atoms with Gasteiger partial charge in [0, 0.05) is 19.3 Å². The molecule has 0 saturated heterocycles. The summed E-state index contributed by atoms with van der Waals surface area (Å²) in [6.45, 7) is 1.07. The second kappa shape index (κ2) is 10.2. The topological polar surface area (TPSA) is 81.4 Å². The molecule has 0 aliphatic heterocycles. The van der Waals surface area contributed by atoms with Crippen molar-refractivity contribution in [3.63, 3.8) is 0 Å². The number of hydrogen-bond donors (Lipinski definition) is 2. The van der Waals surface area contributed by atoms with Gasteiger partial charge in [-0.25, -0.2) is 13.6 Å². The number of nitrogens with one attached hydrogen (secondary N) is 1. The Morgan fingerprint density at radius 3 is 1.65 bits per heavy atom. The van der Waals surface area contributed by atoms with Gasteiger partial charge in [0.15, 0.2) is 0 Å². The van der Waals surface area contributed by atoms with Gasteiger partial charge in [-0.2, -0.15) is 0 Å². The maximum absolute atomic E-state index is 12.4. The van der Waals surface area contributed by atoms with E-state index in [1.807, 2.05) is 54.6 Å². The van der Waals surface area contributed by atoms with Gasteiger partial charge in [-0.1, -0.05) is 91.0 Å². The molecule has 4 aromatic carbocycles. The highest BCUT2D eigenvalue weighted by molar-refractivity contribution is 7.89. The van der Waals surface area contributed by atoms with Crippen molar-refractivity contribution in [2.75, 3.05) is 25.6 Å².